The molecule has 2 aromatic rings. The van der Waals surface area contributed by atoms with Crippen LogP contribution in [0.15, 0.2) is 36.4 Å². The van der Waals surface area contributed by atoms with Crippen LogP contribution in [0.5, 0.6) is 0 Å². The third-order valence-corrected chi connectivity index (χ3v) is 2.56. The second-order valence-corrected chi connectivity index (χ2v) is 3.81. The highest BCUT2D eigenvalue weighted by atomic mass is 16.1. The zero-order valence-electron chi connectivity index (χ0n) is 10.1. The van der Waals surface area contributed by atoms with Crippen molar-refractivity contribution in [2.45, 2.75) is 13.3 Å². The number of nitrogens with one attached hydrogen (secondary N) is 1. The van der Waals surface area contributed by atoms with Gasteiger partial charge >= 0.3 is 0 Å². The number of amides is 1. The first-order chi connectivity index (χ1) is 8.70. The van der Waals surface area contributed by atoms with Crippen molar-refractivity contribution < 1.29 is 4.79 Å². The summed E-state index contributed by atoms with van der Waals surface area (Å²) in [6.45, 7) is 2.04. The lowest BCUT2D eigenvalue weighted by atomic mass is 10.1. The van der Waals surface area contributed by atoms with E-state index in [2.05, 4.69) is 15.5 Å². The first-order valence-electron chi connectivity index (χ1n) is 5.69. The molecule has 92 valence electrons. The van der Waals surface area contributed by atoms with Gasteiger partial charge in [0.1, 0.15) is 5.82 Å². The van der Waals surface area contributed by atoms with E-state index in [0.717, 1.165) is 17.7 Å². The van der Waals surface area contributed by atoms with Crippen LogP contribution in [-0.4, -0.2) is 16.1 Å². The van der Waals surface area contributed by atoms with E-state index >= 15 is 0 Å². The minimum atomic E-state index is -0.289. The van der Waals surface area contributed by atoms with Crippen molar-refractivity contribution in [3.8, 4) is 0 Å². The van der Waals surface area contributed by atoms with Gasteiger partial charge in [0, 0.05) is 5.69 Å². The van der Waals surface area contributed by atoms with E-state index in [4.69, 9.17) is 5.73 Å². The van der Waals surface area contributed by atoms with E-state index in [9.17, 15) is 4.79 Å². The predicted molar refractivity (Wildman–Crippen MR) is 70.2 cm³/mol. The summed E-state index contributed by atoms with van der Waals surface area (Å²) < 4.78 is 0. The number of hydrogen-bond acceptors (Lipinski definition) is 4. The van der Waals surface area contributed by atoms with Crippen molar-refractivity contribution in [1.82, 2.24) is 10.2 Å². The van der Waals surface area contributed by atoms with Gasteiger partial charge in [-0.1, -0.05) is 25.1 Å². The number of carbonyl (C=O) groups is 1. The van der Waals surface area contributed by atoms with Crippen LogP contribution in [0, 0.1) is 0 Å². The summed E-state index contributed by atoms with van der Waals surface area (Å²) in [7, 11) is 0. The molecule has 0 saturated carbocycles. The van der Waals surface area contributed by atoms with Crippen LogP contribution in [0.1, 0.15) is 23.0 Å². The van der Waals surface area contributed by atoms with Crippen molar-refractivity contribution >= 4 is 17.4 Å². The van der Waals surface area contributed by atoms with Gasteiger partial charge in [0.2, 0.25) is 0 Å². The smallest absolute Gasteiger partial charge is 0.276 e. The van der Waals surface area contributed by atoms with Crippen molar-refractivity contribution in [2.75, 3.05) is 11.1 Å². The number of benzene rings is 1. The molecule has 3 N–H and O–H groups in total. The Morgan fingerprint density at radius 1 is 1.22 bits per heavy atom. The van der Waals surface area contributed by atoms with Gasteiger partial charge < -0.3 is 11.1 Å². The van der Waals surface area contributed by atoms with Gasteiger partial charge in [-0.2, -0.15) is 0 Å². The average molecular weight is 242 g/mol. The third kappa shape index (κ3) is 2.63. The van der Waals surface area contributed by atoms with E-state index in [0.29, 0.717) is 5.82 Å². The molecule has 0 aliphatic rings. The molecule has 0 spiro atoms. The molecule has 0 aliphatic heterocycles. The fraction of sp³-hybridized carbons (Fsp3) is 0.154. The van der Waals surface area contributed by atoms with Gasteiger partial charge in [0.15, 0.2) is 5.69 Å². The van der Waals surface area contributed by atoms with Crippen LogP contribution >= 0.6 is 0 Å². The summed E-state index contributed by atoms with van der Waals surface area (Å²) in [6, 6.07) is 10.8. The van der Waals surface area contributed by atoms with Crippen LogP contribution in [0.25, 0.3) is 0 Å². The van der Waals surface area contributed by atoms with Gasteiger partial charge in [-0.15, -0.1) is 10.2 Å². The van der Waals surface area contributed by atoms with Gasteiger partial charge in [-0.05, 0) is 30.2 Å². The summed E-state index contributed by atoms with van der Waals surface area (Å²) in [5, 5.41) is 10.2. The number of anilines is 2. The molecule has 2 rings (SSSR count). The monoisotopic (exact) mass is 242 g/mol. The molecule has 0 radical (unpaired) electrons. The van der Waals surface area contributed by atoms with Crippen LogP contribution in [0.4, 0.5) is 11.5 Å². The zero-order chi connectivity index (χ0) is 13.0. The molecule has 1 aromatic heterocycles. The number of aromatic nitrogens is 2. The number of aryl methyl sites for hydroxylation is 1. The van der Waals surface area contributed by atoms with Crippen molar-refractivity contribution in [3.63, 3.8) is 0 Å². The molecule has 0 fully saturated rings. The molecule has 1 amide bonds. The Labute approximate surface area is 105 Å². The maximum absolute atomic E-state index is 11.9. The number of nitrogens with two attached hydrogens (primary N) is 1. The van der Waals surface area contributed by atoms with Crippen LogP contribution in [-0.2, 0) is 6.42 Å². The van der Waals surface area contributed by atoms with E-state index in [1.54, 1.807) is 12.1 Å². The molecule has 1 aromatic carbocycles. The molecule has 0 saturated heterocycles. The molecule has 18 heavy (non-hydrogen) atoms. The van der Waals surface area contributed by atoms with Crippen LogP contribution < -0.4 is 11.1 Å². The first-order valence-corrected chi connectivity index (χ1v) is 5.69. The lowest BCUT2D eigenvalue weighted by molar-refractivity contribution is 0.102. The average Bonchev–Trinajstić information content (AvgIpc) is 2.40. The lowest BCUT2D eigenvalue weighted by Gasteiger charge is -2.08. The Balaban J connectivity index is 2.18. The Hall–Kier alpha value is -2.43. The lowest BCUT2D eigenvalue weighted by Crippen LogP contribution is -2.15. The summed E-state index contributed by atoms with van der Waals surface area (Å²) in [5.74, 6) is 0.00362. The number of rotatable bonds is 3. The summed E-state index contributed by atoms with van der Waals surface area (Å²) in [6.07, 6.45) is 0.851. The number of hydrogen-bond donors (Lipinski definition) is 2. The highest BCUT2D eigenvalue weighted by Gasteiger charge is 2.09. The van der Waals surface area contributed by atoms with Crippen molar-refractivity contribution in [3.05, 3.63) is 47.7 Å². The van der Waals surface area contributed by atoms with Crippen LogP contribution in [0.2, 0.25) is 0 Å². The summed E-state index contributed by atoms with van der Waals surface area (Å²) >= 11 is 0. The SMILES string of the molecule is CCc1ccccc1NC(=O)c1ccc(N)nn1. The van der Waals surface area contributed by atoms with Gasteiger partial charge in [-0.25, -0.2) is 0 Å². The Morgan fingerprint density at radius 2 is 2.00 bits per heavy atom. The van der Waals surface area contributed by atoms with E-state index in [1.807, 2.05) is 31.2 Å². The fourth-order valence-electron chi connectivity index (χ4n) is 1.60. The third-order valence-electron chi connectivity index (χ3n) is 2.56. The molecule has 0 atom stereocenters. The molecule has 1 heterocycles. The summed E-state index contributed by atoms with van der Waals surface area (Å²) in [5.41, 5.74) is 7.54. The van der Waals surface area contributed by atoms with E-state index < -0.39 is 0 Å². The number of nitrogens with zero attached hydrogens (tertiary/aromatic N) is 2. The van der Waals surface area contributed by atoms with E-state index in [1.165, 1.54) is 0 Å². The summed E-state index contributed by atoms with van der Waals surface area (Å²) in [4.78, 5) is 11.9. The van der Waals surface area contributed by atoms with Gasteiger partial charge in [0.25, 0.3) is 5.91 Å². The van der Waals surface area contributed by atoms with E-state index in [-0.39, 0.29) is 11.6 Å². The highest BCUT2D eigenvalue weighted by molar-refractivity contribution is 6.03. The number of nitrogen functional groups attached to an aromatic ring is 1. The first kappa shape index (κ1) is 12.0. The Bertz CT molecular complexity index is 551. The zero-order valence-corrected chi connectivity index (χ0v) is 10.1. The van der Waals surface area contributed by atoms with Gasteiger partial charge in [-0.3, -0.25) is 4.79 Å². The predicted octanol–water partition coefficient (Wildman–Crippen LogP) is 1.87. The molecule has 0 aliphatic carbocycles. The van der Waals surface area contributed by atoms with Gasteiger partial charge in [0.05, 0.1) is 0 Å². The topological polar surface area (TPSA) is 80.9 Å². The Morgan fingerprint density at radius 3 is 2.67 bits per heavy atom. The minimum absolute atomic E-state index is 0.245. The Kier molecular flexibility index (Phi) is 3.52. The molecule has 0 unspecified atom stereocenters. The highest BCUT2D eigenvalue weighted by Crippen LogP contribution is 2.16. The number of para-hydroxylation sites is 1. The molecule has 5 heteroatoms. The second kappa shape index (κ2) is 5.27. The standard InChI is InChI=1S/C13H14N4O/c1-2-9-5-3-4-6-10(9)15-13(18)11-7-8-12(14)17-16-11/h3-8H,2H2,1H3,(H2,14,17)(H,15,18). The molecular formula is C13H14N4O. The quantitative estimate of drug-likeness (QED) is 0.861. The largest absolute Gasteiger partial charge is 0.382 e. The maximum atomic E-state index is 11.9. The van der Waals surface area contributed by atoms with Crippen LogP contribution in [0.3, 0.4) is 0 Å². The molecular weight excluding hydrogens is 228 g/mol. The number of carbonyl (C=O) groups excluding carboxylic acids is 1. The molecule has 0 bridgehead atoms. The normalized spacial score (nSPS) is 10.1. The maximum Gasteiger partial charge on any atom is 0.276 e. The fourth-order valence-corrected chi connectivity index (χ4v) is 1.60. The van der Waals surface area contributed by atoms with Crippen molar-refractivity contribution in [2.24, 2.45) is 0 Å². The minimum Gasteiger partial charge on any atom is -0.382 e. The van der Waals surface area contributed by atoms with Crippen molar-refractivity contribution in [1.29, 1.82) is 0 Å². The molecule has 5 nitrogen and oxygen atoms in total. The second-order valence-electron chi connectivity index (χ2n) is 3.81.